The number of aliphatic hydroxyl groups is 1. The zero-order chi connectivity index (χ0) is 14.0. The number of rotatable bonds is 3. The minimum absolute atomic E-state index is 0.0265. The second-order valence-electron chi connectivity index (χ2n) is 4.16. The number of ether oxygens (including phenoxy) is 1. The van der Waals surface area contributed by atoms with E-state index < -0.39 is 0 Å². The van der Waals surface area contributed by atoms with Crippen molar-refractivity contribution in [3.8, 4) is 5.75 Å². The van der Waals surface area contributed by atoms with Gasteiger partial charge in [-0.1, -0.05) is 18.2 Å². The SMILES string of the molecule is COc1ccc2cc(/C(O)=C/C(C)=O)ccc2c1Br. The van der Waals surface area contributed by atoms with Gasteiger partial charge in [0, 0.05) is 11.6 Å². The molecule has 0 saturated heterocycles. The summed E-state index contributed by atoms with van der Waals surface area (Å²) in [7, 11) is 1.61. The first kappa shape index (κ1) is 13.6. The Labute approximate surface area is 119 Å². The van der Waals surface area contributed by atoms with Crippen LogP contribution < -0.4 is 4.74 Å². The third-order valence-electron chi connectivity index (χ3n) is 2.77. The van der Waals surface area contributed by atoms with Crippen molar-refractivity contribution < 1.29 is 14.6 Å². The highest BCUT2D eigenvalue weighted by Crippen LogP contribution is 2.34. The van der Waals surface area contributed by atoms with Gasteiger partial charge in [-0.05, 0) is 45.8 Å². The van der Waals surface area contributed by atoms with Crippen LogP contribution in [0, 0.1) is 0 Å². The van der Waals surface area contributed by atoms with Crippen molar-refractivity contribution in [1.29, 1.82) is 0 Å². The molecule has 0 spiro atoms. The van der Waals surface area contributed by atoms with E-state index in [1.165, 1.54) is 13.0 Å². The summed E-state index contributed by atoms with van der Waals surface area (Å²) in [5, 5.41) is 11.8. The molecule has 98 valence electrons. The lowest BCUT2D eigenvalue weighted by Gasteiger charge is -2.08. The number of methoxy groups -OCH3 is 1. The summed E-state index contributed by atoms with van der Waals surface area (Å²) in [6.45, 7) is 1.40. The molecular formula is C15H13BrO3. The smallest absolute Gasteiger partial charge is 0.156 e. The molecule has 0 saturated carbocycles. The van der Waals surface area contributed by atoms with Gasteiger partial charge in [0.15, 0.2) is 5.78 Å². The highest BCUT2D eigenvalue weighted by atomic mass is 79.9. The van der Waals surface area contributed by atoms with Crippen LogP contribution in [0.2, 0.25) is 0 Å². The van der Waals surface area contributed by atoms with E-state index >= 15 is 0 Å². The van der Waals surface area contributed by atoms with E-state index in [0.717, 1.165) is 21.0 Å². The molecule has 0 bridgehead atoms. The topological polar surface area (TPSA) is 46.5 Å². The molecule has 2 rings (SSSR count). The van der Waals surface area contributed by atoms with Gasteiger partial charge in [-0.15, -0.1) is 0 Å². The molecule has 0 heterocycles. The molecule has 1 N–H and O–H groups in total. The zero-order valence-electron chi connectivity index (χ0n) is 10.6. The van der Waals surface area contributed by atoms with Gasteiger partial charge in [0.1, 0.15) is 11.5 Å². The van der Waals surface area contributed by atoms with Crippen LogP contribution >= 0.6 is 15.9 Å². The van der Waals surface area contributed by atoms with Crippen molar-refractivity contribution in [2.45, 2.75) is 6.92 Å². The van der Waals surface area contributed by atoms with E-state index in [2.05, 4.69) is 15.9 Å². The molecule has 0 aliphatic carbocycles. The Balaban J connectivity index is 2.57. The zero-order valence-corrected chi connectivity index (χ0v) is 12.2. The maximum absolute atomic E-state index is 11.0. The fourth-order valence-corrected chi connectivity index (χ4v) is 2.52. The molecular weight excluding hydrogens is 308 g/mol. The number of halogens is 1. The Morgan fingerprint density at radius 2 is 2.05 bits per heavy atom. The Morgan fingerprint density at radius 3 is 2.68 bits per heavy atom. The summed E-state index contributed by atoms with van der Waals surface area (Å²) < 4.78 is 6.10. The van der Waals surface area contributed by atoms with Crippen LogP contribution in [0.25, 0.3) is 16.5 Å². The molecule has 0 aliphatic heterocycles. The van der Waals surface area contributed by atoms with Crippen LogP contribution in [-0.2, 0) is 4.79 Å². The lowest BCUT2D eigenvalue weighted by atomic mass is 10.0. The Hall–Kier alpha value is -1.81. The molecule has 0 unspecified atom stereocenters. The number of carbonyl (C=O) groups excluding carboxylic acids is 1. The van der Waals surface area contributed by atoms with Gasteiger partial charge in [0.05, 0.1) is 11.6 Å². The first-order valence-corrected chi connectivity index (χ1v) is 6.50. The molecule has 0 aromatic heterocycles. The van der Waals surface area contributed by atoms with Crippen molar-refractivity contribution in [3.63, 3.8) is 0 Å². The van der Waals surface area contributed by atoms with Crippen molar-refractivity contribution >= 4 is 38.2 Å². The monoisotopic (exact) mass is 320 g/mol. The van der Waals surface area contributed by atoms with Gasteiger partial charge in [0.25, 0.3) is 0 Å². The Bertz CT molecular complexity index is 674. The molecule has 0 aliphatic rings. The highest BCUT2D eigenvalue weighted by Gasteiger charge is 2.07. The summed E-state index contributed by atoms with van der Waals surface area (Å²) in [4.78, 5) is 11.0. The summed E-state index contributed by atoms with van der Waals surface area (Å²) >= 11 is 3.49. The molecule has 0 atom stereocenters. The van der Waals surface area contributed by atoms with Gasteiger partial charge in [0.2, 0.25) is 0 Å². The number of ketones is 1. The quantitative estimate of drug-likeness (QED) is 0.684. The van der Waals surface area contributed by atoms with Crippen molar-refractivity contribution in [1.82, 2.24) is 0 Å². The number of hydrogen-bond acceptors (Lipinski definition) is 3. The molecule has 0 fully saturated rings. The van der Waals surface area contributed by atoms with Crippen LogP contribution in [-0.4, -0.2) is 18.0 Å². The third-order valence-corrected chi connectivity index (χ3v) is 3.59. The highest BCUT2D eigenvalue weighted by molar-refractivity contribution is 9.10. The number of hydrogen-bond donors (Lipinski definition) is 1. The van der Waals surface area contributed by atoms with Crippen molar-refractivity contribution in [3.05, 3.63) is 46.4 Å². The van der Waals surface area contributed by atoms with Gasteiger partial charge in [-0.2, -0.15) is 0 Å². The van der Waals surface area contributed by atoms with Crippen LogP contribution in [0.4, 0.5) is 0 Å². The maximum atomic E-state index is 11.0. The standard InChI is InChI=1S/C15H13BrO3/c1-9(17)7-13(18)11-3-5-12-10(8-11)4-6-14(19-2)15(12)16/h3-8,18H,1-2H3/b13-7-. The predicted octanol–water partition coefficient (Wildman–Crippen LogP) is 4.10. The van der Waals surface area contributed by atoms with Gasteiger partial charge in [-0.3, -0.25) is 4.79 Å². The first-order chi connectivity index (χ1) is 9.02. The van der Waals surface area contributed by atoms with E-state index in [1.54, 1.807) is 13.2 Å². The average molecular weight is 321 g/mol. The van der Waals surface area contributed by atoms with Gasteiger partial charge in [-0.25, -0.2) is 0 Å². The maximum Gasteiger partial charge on any atom is 0.156 e. The second-order valence-corrected chi connectivity index (χ2v) is 4.95. The lowest BCUT2D eigenvalue weighted by Crippen LogP contribution is -1.90. The van der Waals surface area contributed by atoms with Crippen molar-refractivity contribution in [2.75, 3.05) is 7.11 Å². The number of allylic oxidation sites excluding steroid dienone is 1. The molecule has 3 nitrogen and oxygen atoms in total. The van der Waals surface area contributed by atoms with Crippen molar-refractivity contribution in [2.24, 2.45) is 0 Å². The predicted molar refractivity (Wildman–Crippen MR) is 79.5 cm³/mol. The number of carbonyl (C=O) groups is 1. The lowest BCUT2D eigenvalue weighted by molar-refractivity contribution is -0.112. The van der Waals surface area contributed by atoms with E-state index in [0.29, 0.717) is 5.56 Å². The third kappa shape index (κ3) is 2.79. The average Bonchev–Trinajstić information content (AvgIpc) is 2.38. The second kappa shape index (κ2) is 5.45. The summed E-state index contributed by atoms with van der Waals surface area (Å²) in [5.74, 6) is 0.540. The van der Waals surface area contributed by atoms with E-state index in [4.69, 9.17) is 4.74 Å². The van der Waals surface area contributed by atoms with Crippen LogP contribution in [0.5, 0.6) is 5.75 Å². The van der Waals surface area contributed by atoms with Crippen LogP contribution in [0.3, 0.4) is 0 Å². The summed E-state index contributed by atoms with van der Waals surface area (Å²) in [6, 6.07) is 9.22. The minimum Gasteiger partial charge on any atom is -0.507 e. The largest absolute Gasteiger partial charge is 0.507 e. The first-order valence-electron chi connectivity index (χ1n) is 5.71. The van der Waals surface area contributed by atoms with E-state index in [9.17, 15) is 9.90 Å². The fourth-order valence-electron chi connectivity index (χ4n) is 1.86. The summed E-state index contributed by atoms with van der Waals surface area (Å²) in [6.07, 6.45) is 1.21. The summed E-state index contributed by atoms with van der Waals surface area (Å²) in [5.41, 5.74) is 0.611. The van der Waals surface area contributed by atoms with Gasteiger partial charge >= 0.3 is 0 Å². The molecule has 2 aromatic carbocycles. The normalized spacial score (nSPS) is 11.6. The Kier molecular flexibility index (Phi) is 3.90. The fraction of sp³-hybridized carbons (Fsp3) is 0.133. The molecule has 0 amide bonds. The van der Waals surface area contributed by atoms with Crippen LogP contribution in [0.1, 0.15) is 12.5 Å². The van der Waals surface area contributed by atoms with Gasteiger partial charge < -0.3 is 9.84 Å². The number of benzene rings is 2. The molecule has 0 radical (unpaired) electrons. The van der Waals surface area contributed by atoms with Crippen LogP contribution in [0.15, 0.2) is 40.9 Å². The van der Waals surface area contributed by atoms with E-state index in [1.807, 2.05) is 24.3 Å². The minimum atomic E-state index is -0.187. The number of fused-ring (bicyclic) bond motifs is 1. The molecule has 19 heavy (non-hydrogen) atoms. The molecule has 2 aromatic rings. The number of aliphatic hydroxyl groups excluding tert-OH is 1. The Morgan fingerprint density at radius 1 is 1.32 bits per heavy atom. The van der Waals surface area contributed by atoms with E-state index in [-0.39, 0.29) is 11.5 Å². The molecule has 4 heteroatoms.